The fourth-order valence-corrected chi connectivity index (χ4v) is 4.65. The quantitative estimate of drug-likeness (QED) is 0.342. The van der Waals surface area contributed by atoms with Gasteiger partial charge in [0, 0.05) is 22.3 Å². The lowest BCUT2D eigenvalue weighted by Crippen LogP contribution is -1.92. The lowest BCUT2D eigenvalue weighted by Gasteiger charge is -2.05. The van der Waals surface area contributed by atoms with Crippen LogP contribution in [-0.2, 0) is 5.75 Å². The summed E-state index contributed by atoms with van der Waals surface area (Å²) in [6, 6.07) is 14.2. The number of hydrogen-bond donors (Lipinski definition) is 0. The van der Waals surface area contributed by atoms with Gasteiger partial charge < -0.3 is 13.9 Å². The molecule has 5 rings (SSSR count). The predicted octanol–water partition coefficient (Wildman–Crippen LogP) is 6.00. The highest BCUT2D eigenvalue weighted by atomic mass is 32.2. The molecule has 0 saturated carbocycles. The molecule has 0 aliphatic carbocycles. The van der Waals surface area contributed by atoms with Crippen molar-refractivity contribution in [1.29, 1.82) is 0 Å². The average molecular weight is 438 g/mol. The lowest BCUT2D eigenvalue weighted by atomic mass is 10.0. The second-order valence-electron chi connectivity index (χ2n) is 7.15. The molecule has 0 fully saturated rings. The molecule has 6 nitrogen and oxygen atoms in total. The summed E-state index contributed by atoms with van der Waals surface area (Å²) in [7, 11) is 0. The second kappa shape index (κ2) is 8.12. The SMILES string of the molecule is CC(C)c1ccc(-c2nc(CSc3nnc(-c4ccc5c(c4)OCO5)o3)cs2)cc1. The van der Waals surface area contributed by atoms with Crippen LogP contribution in [0.1, 0.15) is 31.0 Å². The Morgan fingerprint density at radius 2 is 1.80 bits per heavy atom. The van der Waals surface area contributed by atoms with E-state index in [1.807, 2.05) is 18.2 Å². The van der Waals surface area contributed by atoms with Gasteiger partial charge >= 0.3 is 0 Å². The molecule has 152 valence electrons. The highest BCUT2D eigenvalue weighted by Crippen LogP contribution is 2.36. The van der Waals surface area contributed by atoms with Crippen LogP contribution >= 0.6 is 23.1 Å². The molecule has 4 aromatic rings. The minimum atomic E-state index is 0.237. The average Bonchev–Trinajstić information content (AvgIpc) is 3.52. The van der Waals surface area contributed by atoms with Crippen molar-refractivity contribution in [2.24, 2.45) is 0 Å². The maximum atomic E-state index is 5.80. The van der Waals surface area contributed by atoms with Crippen LogP contribution in [0.4, 0.5) is 0 Å². The van der Waals surface area contributed by atoms with E-state index in [0.717, 1.165) is 27.6 Å². The Bertz CT molecular complexity index is 1170. The largest absolute Gasteiger partial charge is 0.454 e. The standard InChI is InChI=1S/C22H19N3O3S2/c1-13(2)14-3-5-15(6-4-14)21-23-17(10-29-21)11-30-22-25-24-20(28-22)16-7-8-18-19(9-16)27-12-26-18/h3-10,13H,11-12H2,1-2H3. The predicted molar refractivity (Wildman–Crippen MR) is 117 cm³/mol. The minimum Gasteiger partial charge on any atom is -0.454 e. The van der Waals surface area contributed by atoms with Crippen molar-refractivity contribution in [3.8, 4) is 33.5 Å². The zero-order valence-corrected chi connectivity index (χ0v) is 18.1. The molecule has 0 spiro atoms. The maximum Gasteiger partial charge on any atom is 0.277 e. The first kappa shape index (κ1) is 19.1. The Labute approximate surface area is 182 Å². The number of benzene rings is 2. The van der Waals surface area contributed by atoms with Crippen LogP contribution in [0.25, 0.3) is 22.0 Å². The van der Waals surface area contributed by atoms with Gasteiger partial charge in [0.2, 0.25) is 12.7 Å². The molecular weight excluding hydrogens is 418 g/mol. The van der Waals surface area contributed by atoms with Gasteiger partial charge in [-0.15, -0.1) is 21.5 Å². The molecular formula is C22H19N3O3S2. The van der Waals surface area contributed by atoms with E-state index >= 15 is 0 Å². The Hall–Kier alpha value is -2.84. The fourth-order valence-electron chi connectivity index (χ4n) is 3.07. The molecule has 0 bridgehead atoms. The van der Waals surface area contributed by atoms with Gasteiger partial charge in [-0.05, 0) is 29.7 Å². The third-order valence-corrected chi connectivity index (χ3v) is 6.54. The second-order valence-corrected chi connectivity index (χ2v) is 8.94. The van der Waals surface area contributed by atoms with Gasteiger partial charge in [0.15, 0.2) is 11.5 Å². The number of ether oxygens (including phenoxy) is 2. The van der Waals surface area contributed by atoms with Gasteiger partial charge in [0.05, 0.1) is 5.69 Å². The summed E-state index contributed by atoms with van der Waals surface area (Å²) in [5, 5.41) is 11.9. The molecule has 8 heteroatoms. The number of rotatable bonds is 6. The number of thiazole rings is 1. The van der Waals surface area contributed by atoms with E-state index in [-0.39, 0.29) is 6.79 Å². The monoisotopic (exact) mass is 437 g/mol. The van der Waals surface area contributed by atoms with Crippen molar-refractivity contribution in [2.45, 2.75) is 30.7 Å². The Morgan fingerprint density at radius 1 is 1.00 bits per heavy atom. The molecule has 0 unspecified atom stereocenters. The van der Waals surface area contributed by atoms with E-state index in [9.17, 15) is 0 Å². The zero-order chi connectivity index (χ0) is 20.5. The number of hydrogen-bond acceptors (Lipinski definition) is 8. The Balaban J connectivity index is 1.24. The Kier molecular flexibility index (Phi) is 5.18. The van der Waals surface area contributed by atoms with Crippen molar-refractivity contribution < 1.29 is 13.9 Å². The lowest BCUT2D eigenvalue weighted by molar-refractivity contribution is 0.174. The zero-order valence-electron chi connectivity index (χ0n) is 16.5. The first-order valence-corrected chi connectivity index (χ1v) is 11.4. The van der Waals surface area contributed by atoms with Crippen molar-refractivity contribution in [2.75, 3.05) is 6.79 Å². The van der Waals surface area contributed by atoms with Crippen molar-refractivity contribution in [1.82, 2.24) is 15.2 Å². The molecule has 2 aromatic carbocycles. The smallest absolute Gasteiger partial charge is 0.277 e. The number of thioether (sulfide) groups is 1. The highest BCUT2D eigenvalue weighted by molar-refractivity contribution is 7.98. The van der Waals surface area contributed by atoms with Gasteiger partial charge in [0.1, 0.15) is 5.01 Å². The van der Waals surface area contributed by atoms with Crippen molar-refractivity contribution in [3.05, 3.63) is 59.1 Å². The first-order chi connectivity index (χ1) is 14.7. The number of nitrogens with zero attached hydrogens (tertiary/aromatic N) is 3. The summed E-state index contributed by atoms with van der Waals surface area (Å²) in [6.07, 6.45) is 0. The summed E-state index contributed by atoms with van der Waals surface area (Å²) < 4.78 is 16.5. The summed E-state index contributed by atoms with van der Waals surface area (Å²) >= 11 is 3.13. The molecule has 0 amide bonds. The van der Waals surface area contributed by atoms with E-state index in [1.165, 1.54) is 17.3 Å². The van der Waals surface area contributed by atoms with E-state index in [1.54, 1.807) is 11.3 Å². The molecule has 30 heavy (non-hydrogen) atoms. The van der Waals surface area contributed by atoms with Gasteiger partial charge in [-0.3, -0.25) is 0 Å². The molecule has 0 atom stereocenters. The third-order valence-electron chi connectivity index (χ3n) is 4.75. The fraction of sp³-hybridized carbons (Fsp3) is 0.227. The van der Waals surface area contributed by atoms with Crippen molar-refractivity contribution >= 4 is 23.1 Å². The van der Waals surface area contributed by atoms with Crippen LogP contribution in [0.2, 0.25) is 0 Å². The highest BCUT2D eigenvalue weighted by Gasteiger charge is 2.17. The third kappa shape index (κ3) is 3.93. The van der Waals surface area contributed by atoms with Gasteiger partial charge in [-0.1, -0.05) is 49.9 Å². The summed E-state index contributed by atoms with van der Waals surface area (Å²) in [5.41, 5.74) is 4.28. The molecule has 0 radical (unpaired) electrons. The van der Waals surface area contributed by atoms with Gasteiger partial charge in [0.25, 0.3) is 5.22 Å². The van der Waals surface area contributed by atoms with E-state index in [0.29, 0.717) is 28.5 Å². The summed E-state index contributed by atoms with van der Waals surface area (Å²) in [5.74, 6) is 3.07. The Morgan fingerprint density at radius 3 is 2.63 bits per heavy atom. The molecule has 1 aliphatic rings. The van der Waals surface area contributed by atoms with Crippen molar-refractivity contribution in [3.63, 3.8) is 0 Å². The van der Waals surface area contributed by atoms with E-state index in [4.69, 9.17) is 18.9 Å². The van der Waals surface area contributed by atoms with Gasteiger partial charge in [-0.25, -0.2) is 4.98 Å². The topological polar surface area (TPSA) is 70.3 Å². The number of fused-ring (bicyclic) bond motifs is 1. The maximum absolute atomic E-state index is 5.80. The van der Waals surface area contributed by atoms with Crippen LogP contribution in [0, 0.1) is 0 Å². The van der Waals surface area contributed by atoms with Gasteiger partial charge in [-0.2, -0.15) is 0 Å². The molecule has 2 aromatic heterocycles. The normalized spacial score (nSPS) is 12.6. The van der Waals surface area contributed by atoms with Crippen LogP contribution in [0.3, 0.4) is 0 Å². The molecule has 0 saturated heterocycles. The van der Waals surface area contributed by atoms with Crippen LogP contribution in [-0.4, -0.2) is 22.0 Å². The molecule has 1 aliphatic heterocycles. The molecule has 0 N–H and O–H groups in total. The minimum absolute atomic E-state index is 0.237. The van der Waals surface area contributed by atoms with Crippen LogP contribution < -0.4 is 9.47 Å². The van der Waals surface area contributed by atoms with E-state index in [2.05, 4.69) is 53.7 Å². The first-order valence-electron chi connectivity index (χ1n) is 9.57. The summed E-state index contributed by atoms with van der Waals surface area (Å²) in [6.45, 7) is 4.63. The van der Waals surface area contributed by atoms with Crippen LogP contribution in [0.15, 0.2) is 57.5 Å². The van der Waals surface area contributed by atoms with Crippen LogP contribution in [0.5, 0.6) is 11.5 Å². The van der Waals surface area contributed by atoms with E-state index < -0.39 is 0 Å². The number of aromatic nitrogens is 3. The molecule has 3 heterocycles. The summed E-state index contributed by atoms with van der Waals surface area (Å²) in [4.78, 5) is 4.75.